The van der Waals surface area contributed by atoms with Gasteiger partial charge in [-0.1, -0.05) is 306 Å². The lowest BCUT2D eigenvalue weighted by atomic mass is 10.0. The Hall–Kier alpha value is -3.15. The summed E-state index contributed by atoms with van der Waals surface area (Å²) >= 11 is 0. The van der Waals surface area contributed by atoms with E-state index in [1.54, 1.807) is 0 Å². The Bertz CT molecular complexity index is 1420. The molecule has 6 nitrogen and oxygen atoms in total. The molecule has 446 valence electrons. The number of hydrogen-bond acceptors (Lipinski definition) is 6. The highest BCUT2D eigenvalue weighted by Crippen LogP contribution is 2.17. The first kappa shape index (κ1) is 73.8. The number of hydrogen-bond donors (Lipinski definition) is 0. The van der Waals surface area contributed by atoms with E-state index in [1.165, 1.54) is 199 Å². The summed E-state index contributed by atoms with van der Waals surface area (Å²) < 4.78 is 16.9. The molecular weight excluding hydrogens is 949 g/mol. The van der Waals surface area contributed by atoms with Crippen molar-refractivity contribution in [3.8, 4) is 0 Å². The quantitative estimate of drug-likeness (QED) is 0.0261. The minimum atomic E-state index is -0.781. The van der Waals surface area contributed by atoms with Crippen molar-refractivity contribution < 1.29 is 28.6 Å². The zero-order chi connectivity index (χ0) is 55.7. The van der Waals surface area contributed by atoms with Crippen molar-refractivity contribution in [2.45, 2.75) is 348 Å². The maximum absolute atomic E-state index is 12.9. The summed E-state index contributed by atoms with van der Waals surface area (Å²) in [4.78, 5) is 38.3. The van der Waals surface area contributed by atoms with Gasteiger partial charge in [-0.2, -0.15) is 0 Å². The molecule has 0 amide bonds. The zero-order valence-electron chi connectivity index (χ0n) is 51.2. The predicted octanol–water partition coefficient (Wildman–Crippen LogP) is 22.9. The molecule has 0 N–H and O–H groups in total. The number of allylic oxidation sites excluding steroid dienone is 12. The molecule has 0 aliphatic heterocycles. The molecule has 6 heteroatoms. The lowest BCUT2D eigenvalue weighted by Crippen LogP contribution is -2.30. The van der Waals surface area contributed by atoms with Gasteiger partial charge in [-0.3, -0.25) is 14.4 Å². The van der Waals surface area contributed by atoms with Crippen LogP contribution in [0.5, 0.6) is 0 Å². The van der Waals surface area contributed by atoms with E-state index >= 15 is 0 Å². The summed E-state index contributed by atoms with van der Waals surface area (Å²) in [5.74, 6) is -0.875. The van der Waals surface area contributed by atoms with Crippen LogP contribution < -0.4 is 0 Å². The summed E-state index contributed by atoms with van der Waals surface area (Å²) in [5.41, 5.74) is 0. The van der Waals surface area contributed by atoms with Gasteiger partial charge in [-0.15, -0.1) is 0 Å². The Morgan fingerprint density at radius 2 is 0.506 bits per heavy atom. The van der Waals surface area contributed by atoms with E-state index in [9.17, 15) is 14.4 Å². The molecule has 0 rings (SSSR count). The van der Waals surface area contributed by atoms with Crippen molar-refractivity contribution in [3.05, 3.63) is 72.9 Å². The fourth-order valence-corrected chi connectivity index (χ4v) is 9.70. The maximum atomic E-state index is 12.9. The molecule has 0 saturated heterocycles. The fraction of sp³-hybridized carbons (Fsp3) is 0.789. The van der Waals surface area contributed by atoms with Crippen LogP contribution in [-0.4, -0.2) is 37.2 Å². The van der Waals surface area contributed by atoms with E-state index in [1.807, 2.05) is 0 Å². The van der Waals surface area contributed by atoms with Gasteiger partial charge in [0.15, 0.2) is 6.10 Å². The molecule has 0 aromatic carbocycles. The highest BCUT2D eigenvalue weighted by Gasteiger charge is 2.19. The second-order valence-electron chi connectivity index (χ2n) is 22.4. The number of carbonyl (C=O) groups is 3. The molecule has 0 aromatic heterocycles. The summed E-state index contributed by atoms with van der Waals surface area (Å²) in [6.45, 7) is 6.54. The molecule has 0 bridgehead atoms. The van der Waals surface area contributed by atoms with E-state index in [0.29, 0.717) is 19.3 Å². The first-order valence-corrected chi connectivity index (χ1v) is 33.4. The summed E-state index contributed by atoms with van der Waals surface area (Å²) in [7, 11) is 0. The van der Waals surface area contributed by atoms with Gasteiger partial charge in [0.05, 0.1) is 0 Å². The fourth-order valence-electron chi connectivity index (χ4n) is 9.70. The largest absolute Gasteiger partial charge is 0.462 e. The topological polar surface area (TPSA) is 78.9 Å². The van der Waals surface area contributed by atoms with Crippen LogP contribution in [0.15, 0.2) is 72.9 Å². The molecule has 0 spiro atoms. The molecule has 0 saturated carbocycles. The van der Waals surface area contributed by atoms with Crippen LogP contribution in [-0.2, 0) is 28.6 Å². The smallest absolute Gasteiger partial charge is 0.306 e. The van der Waals surface area contributed by atoms with Gasteiger partial charge in [-0.25, -0.2) is 0 Å². The predicted molar refractivity (Wildman–Crippen MR) is 335 cm³/mol. The third-order valence-electron chi connectivity index (χ3n) is 14.7. The first-order chi connectivity index (χ1) is 38.0. The van der Waals surface area contributed by atoms with Gasteiger partial charge in [0.25, 0.3) is 0 Å². The minimum absolute atomic E-state index is 0.0774. The highest BCUT2D eigenvalue weighted by atomic mass is 16.6. The van der Waals surface area contributed by atoms with Gasteiger partial charge < -0.3 is 14.2 Å². The summed E-state index contributed by atoms with van der Waals surface area (Å²) in [5, 5.41) is 0. The number of unbranched alkanes of at least 4 members (excludes halogenated alkanes) is 38. The Morgan fingerprint density at radius 1 is 0.273 bits per heavy atom. The van der Waals surface area contributed by atoms with Crippen molar-refractivity contribution in [1.82, 2.24) is 0 Å². The van der Waals surface area contributed by atoms with Crippen LogP contribution in [0.3, 0.4) is 0 Å². The van der Waals surface area contributed by atoms with Crippen molar-refractivity contribution in [2.75, 3.05) is 13.2 Å². The standard InChI is InChI=1S/C71H126O6/c1-4-7-10-13-16-19-22-24-26-28-30-31-32-33-34-35-36-37-38-39-41-42-44-46-49-52-55-58-61-64-70(73)76-67-68(66-75-69(72)63-60-57-54-51-48-21-18-15-12-9-6-3)77-71(74)65-62-59-56-53-50-47-45-43-40-29-27-25-23-20-17-14-11-8-5-2/h8,11,17,20,22,24-25,27-28,30,40,43,68H,4-7,9-10,12-16,18-19,21,23,26,29,31-39,41-42,44-67H2,1-3H3/b11-8-,20-17-,24-22-,27-25-,30-28-,43-40-. The lowest BCUT2D eigenvalue weighted by Gasteiger charge is -2.18. The molecule has 1 unspecified atom stereocenters. The molecule has 0 heterocycles. The maximum Gasteiger partial charge on any atom is 0.306 e. The summed E-state index contributed by atoms with van der Waals surface area (Å²) in [6.07, 6.45) is 85.0. The number of rotatable bonds is 61. The van der Waals surface area contributed by atoms with E-state index in [4.69, 9.17) is 14.2 Å². The van der Waals surface area contributed by atoms with Crippen molar-refractivity contribution in [2.24, 2.45) is 0 Å². The van der Waals surface area contributed by atoms with Crippen LogP contribution in [0, 0.1) is 0 Å². The Labute approximate surface area is 478 Å². The Kier molecular flexibility index (Phi) is 62.7. The summed E-state index contributed by atoms with van der Waals surface area (Å²) in [6, 6.07) is 0. The van der Waals surface area contributed by atoms with E-state index in [2.05, 4.69) is 93.7 Å². The van der Waals surface area contributed by atoms with E-state index in [0.717, 1.165) is 103 Å². The highest BCUT2D eigenvalue weighted by molar-refractivity contribution is 5.71. The minimum Gasteiger partial charge on any atom is -0.462 e. The molecule has 0 aliphatic carbocycles. The van der Waals surface area contributed by atoms with Crippen molar-refractivity contribution >= 4 is 17.9 Å². The average Bonchev–Trinajstić information content (AvgIpc) is 3.43. The molecule has 0 aromatic rings. The third-order valence-corrected chi connectivity index (χ3v) is 14.7. The van der Waals surface area contributed by atoms with Crippen LogP contribution in [0.25, 0.3) is 0 Å². The monoisotopic (exact) mass is 1070 g/mol. The van der Waals surface area contributed by atoms with Crippen molar-refractivity contribution in [3.63, 3.8) is 0 Å². The molecule has 0 aliphatic rings. The van der Waals surface area contributed by atoms with Crippen LogP contribution >= 0.6 is 0 Å². The van der Waals surface area contributed by atoms with Gasteiger partial charge in [-0.05, 0) is 89.9 Å². The first-order valence-electron chi connectivity index (χ1n) is 33.4. The average molecular weight is 1080 g/mol. The van der Waals surface area contributed by atoms with Gasteiger partial charge >= 0.3 is 17.9 Å². The van der Waals surface area contributed by atoms with Crippen LogP contribution in [0.2, 0.25) is 0 Å². The lowest BCUT2D eigenvalue weighted by molar-refractivity contribution is -0.167. The zero-order valence-corrected chi connectivity index (χ0v) is 51.2. The van der Waals surface area contributed by atoms with Crippen LogP contribution in [0.4, 0.5) is 0 Å². The second-order valence-corrected chi connectivity index (χ2v) is 22.4. The number of ether oxygens (including phenoxy) is 3. The SMILES string of the molecule is CC/C=C\C/C=C\C/C=C\C/C=C\CCCCCCCCC(=O)OC(COC(=O)CCCCCCCCCCCCC)COC(=O)CCCCCCCCCCCCCCCCCCC/C=C\C/C=C\CCCCCCC. The van der Waals surface area contributed by atoms with Gasteiger partial charge in [0, 0.05) is 19.3 Å². The van der Waals surface area contributed by atoms with E-state index < -0.39 is 6.10 Å². The normalized spacial score (nSPS) is 12.5. The Morgan fingerprint density at radius 3 is 0.792 bits per heavy atom. The molecule has 0 fully saturated rings. The van der Waals surface area contributed by atoms with Crippen LogP contribution in [0.1, 0.15) is 342 Å². The molecule has 0 radical (unpaired) electrons. The number of carbonyl (C=O) groups excluding carboxylic acids is 3. The molecule has 77 heavy (non-hydrogen) atoms. The van der Waals surface area contributed by atoms with Gasteiger partial charge in [0.1, 0.15) is 13.2 Å². The second kappa shape index (κ2) is 65.4. The molecular formula is C71H126O6. The number of esters is 3. The van der Waals surface area contributed by atoms with Gasteiger partial charge in [0.2, 0.25) is 0 Å². The Balaban J connectivity index is 4.19. The van der Waals surface area contributed by atoms with Crippen molar-refractivity contribution in [1.29, 1.82) is 0 Å². The third kappa shape index (κ3) is 63.6. The van der Waals surface area contributed by atoms with E-state index in [-0.39, 0.29) is 31.1 Å². The molecule has 1 atom stereocenters.